The molecule has 0 aliphatic heterocycles. The molecule has 6 heteroatoms. The van der Waals surface area contributed by atoms with Gasteiger partial charge in [-0.15, -0.1) is 0 Å². The molecule has 19 heavy (non-hydrogen) atoms. The molecular formula is C13H22N4OS. The van der Waals surface area contributed by atoms with Gasteiger partial charge in [0.05, 0.1) is 0 Å². The van der Waals surface area contributed by atoms with Crippen LogP contribution in [0, 0.1) is 4.77 Å². The number of H-pyrrole nitrogens is 1. The van der Waals surface area contributed by atoms with Crippen molar-refractivity contribution in [1.29, 1.82) is 0 Å². The summed E-state index contributed by atoms with van der Waals surface area (Å²) in [6, 6.07) is 0. The molecule has 0 fully saturated rings. The normalized spacial score (nSPS) is 11.9. The van der Waals surface area contributed by atoms with Crippen LogP contribution in [0.1, 0.15) is 45.9 Å². The van der Waals surface area contributed by atoms with Crippen molar-refractivity contribution < 1.29 is 4.79 Å². The number of aromatic amines is 1. The number of amides is 1. The summed E-state index contributed by atoms with van der Waals surface area (Å²) in [5.41, 5.74) is 0.752. The minimum Gasteiger partial charge on any atom is -0.351 e. The predicted molar refractivity (Wildman–Crippen MR) is 78.6 cm³/mol. The van der Waals surface area contributed by atoms with Gasteiger partial charge in [0.25, 0.3) is 0 Å². The van der Waals surface area contributed by atoms with Crippen molar-refractivity contribution in [2.24, 2.45) is 0 Å². The number of nitrogens with zero attached hydrogens (tertiary/aromatic N) is 2. The fourth-order valence-corrected chi connectivity index (χ4v) is 2.04. The van der Waals surface area contributed by atoms with Crippen LogP contribution in [-0.2, 0) is 11.3 Å². The molecule has 5 nitrogen and oxygen atoms in total. The van der Waals surface area contributed by atoms with Crippen molar-refractivity contribution in [3.05, 3.63) is 22.2 Å². The molecule has 0 aliphatic carbocycles. The lowest BCUT2D eigenvalue weighted by molar-refractivity contribution is -0.117. The summed E-state index contributed by atoms with van der Waals surface area (Å²) in [6.45, 7) is 9.13. The zero-order chi connectivity index (χ0) is 14.4. The quantitative estimate of drug-likeness (QED) is 0.622. The summed E-state index contributed by atoms with van der Waals surface area (Å²) in [5.74, 6) is 1.19. The number of hydrogen-bond acceptors (Lipinski definition) is 3. The first-order valence-electron chi connectivity index (χ1n) is 6.57. The zero-order valence-electron chi connectivity index (χ0n) is 12.0. The second kappa shape index (κ2) is 7.23. The predicted octanol–water partition coefficient (Wildman–Crippen LogP) is 2.54. The third kappa shape index (κ3) is 4.31. The molecule has 0 aliphatic rings. The van der Waals surface area contributed by atoms with Crippen LogP contribution < -0.4 is 5.32 Å². The van der Waals surface area contributed by atoms with E-state index in [2.05, 4.69) is 29.4 Å². The molecular weight excluding hydrogens is 260 g/mol. The third-order valence-corrected chi connectivity index (χ3v) is 3.11. The highest BCUT2D eigenvalue weighted by atomic mass is 32.1. The Balaban J connectivity index is 2.59. The second-order valence-electron chi connectivity index (χ2n) is 4.74. The molecule has 0 saturated heterocycles. The van der Waals surface area contributed by atoms with Crippen molar-refractivity contribution in [3.63, 3.8) is 0 Å². The van der Waals surface area contributed by atoms with Gasteiger partial charge in [-0.2, -0.15) is 5.10 Å². The van der Waals surface area contributed by atoms with Gasteiger partial charge in [-0.1, -0.05) is 26.8 Å². The summed E-state index contributed by atoms with van der Waals surface area (Å²) in [5, 5.41) is 9.87. The Morgan fingerprint density at radius 3 is 2.84 bits per heavy atom. The number of carbonyl (C=O) groups excluding carboxylic acids is 1. The first-order valence-corrected chi connectivity index (χ1v) is 6.98. The summed E-state index contributed by atoms with van der Waals surface area (Å²) < 4.78 is 2.53. The monoisotopic (exact) mass is 282 g/mol. The van der Waals surface area contributed by atoms with Gasteiger partial charge >= 0.3 is 0 Å². The van der Waals surface area contributed by atoms with E-state index in [-0.39, 0.29) is 5.91 Å². The number of carbonyl (C=O) groups is 1. The summed E-state index contributed by atoms with van der Waals surface area (Å²) in [4.78, 5) is 11.7. The van der Waals surface area contributed by atoms with Gasteiger partial charge in [0, 0.05) is 24.6 Å². The van der Waals surface area contributed by atoms with E-state index in [1.54, 1.807) is 0 Å². The smallest absolute Gasteiger partial charge is 0.246 e. The van der Waals surface area contributed by atoms with E-state index in [0.29, 0.717) is 23.8 Å². The Kier molecular flexibility index (Phi) is 5.95. The second-order valence-corrected chi connectivity index (χ2v) is 5.13. The lowest BCUT2D eigenvalue weighted by Crippen LogP contribution is -2.28. The van der Waals surface area contributed by atoms with Crippen LogP contribution in [0.5, 0.6) is 0 Å². The number of hydrogen-bond donors (Lipinski definition) is 2. The Morgan fingerprint density at radius 1 is 1.58 bits per heavy atom. The largest absolute Gasteiger partial charge is 0.351 e. The van der Waals surface area contributed by atoms with Crippen molar-refractivity contribution in [1.82, 2.24) is 20.1 Å². The number of nitrogens with one attached hydrogen (secondary N) is 2. The Bertz CT molecular complexity index is 513. The highest BCUT2D eigenvalue weighted by Crippen LogP contribution is 2.10. The van der Waals surface area contributed by atoms with Gasteiger partial charge in [-0.3, -0.25) is 9.89 Å². The van der Waals surface area contributed by atoms with Crippen LogP contribution in [0.2, 0.25) is 0 Å². The standard InChI is InChI=1S/C13H22N4OS/c1-5-6-10(4)12(18)14-7-8-17-11(9(2)3)15-16-13(17)19/h6,9H,5,7-8H2,1-4H3,(H,14,18)(H,16,19)/b10-6+. The van der Waals surface area contributed by atoms with Gasteiger partial charge < -0.3 is 9.88 Å². The first kappa shape index (κ1) is 15.6. The molecule has 0 spiro atoms. The minimum atomic E-state index is -0.0250. The fourth-order valence-electron chi connectivity index (χ4n) is 1.81. The third-order valence-electron chi connectivity index (χ3n) is 2.79. The Hall–Kier alpha value is -1.43. The van der Waals surface area contributed by atoms with E-state index < -0.39 is 0 Å². The van der Waals surface area contributed by atoms with E-state index in [1.807, 2.05) is 24.5 Å². The molecule has 1 amide bonds. The molecule has 0 bridgehead atoms. The molecule has 0 aromatic carbocycles. The van der Waals surface area contributed by atoms with Crippen LogP contribution in [-0.4, -0.2) is 27.2 Å². The maximum atomic E-state index is 11.7. The molecule has 2 N–H and O–H groups in total. The number of allylic oxidation sites excluding steroid dienone is 1. The SMILES string of the molecule is CC/C=C(\C)C(=O)NCCn1c(C(C)C)n[nH]c1=S. The Morgan fingerprint density at radius 2 is 2.26 bits per heavy atom. The van der Waals surface area contributed by atoms with E-state index >= 15 is 0 Å². The topological polar surface area (TPSA) is 62.7 Å². The van der Waals surface area contributed by atoms with Gasteiger partial charge in [-0.25, -0.2) is 0 Å². The highest BCUT2D eigenvalue weighted by Gasteiger charge is 2.10. The van der Waals surface area contributed by atoms with Crippen LogP contribution >= 0.6 is 12.2 Å². The first-order chi connectivity index (χ1) is 8.97. The van der Waals surface area contributed by atoms with Crippen LogP contribution in [0.25, 0.3) is 0 Å². The molecule has 0 atom stereocenters. The molecule has 0 radical (unpaired) electrons. The fraction of sp³-hybridized carbons (Fsp3) is 0.615. The lowest BCUT2D eigenvalue weighted by Gasteiger charge is -2.10. The summed E-state index contributed by atoms with van der Waals surface area (Å²) in [7, 11) is 0. The van der Waals surface area contributed by atoms with E-state index in [4.69, 9.17) is 12.2 Å². The van der Waals surface area contributed by atoms with E-state index in [9.17, 15) is 4.79 Å². The van der Waals surface area contributed by atoms with Gasteiger partial charge in [0.1, 0.15) is 5.82 Å². The molecule has 1 heterocycles. The molecule has 1 aromatic rings. The molecule has 0 unspecified atom stereocenters. The van der Waals surface area contributed by atoms with Crippen molar-refractivity contribution in [2.75, 3.05) is 6.54 Å². The van der Waals surface area contributed by atoms with Gasteiger partial charge in [0.2, 0.25) is 5.91 Å². The summed E-state index contributed by atoms with van der Waals surface area (Å²) in [6.07, 6.45) is 2.78. The lowest BCUT2D eigenvalue weighted by atomic mass is 10.2. The van der Waals surface area contributed by atoms with E-state index in [0.717, 1.165) is 17.8 Å². The average Bonchev–Trinajstić information content (AvgIpc) is 2.71. The molecule has 106 valence electrons. The number of rotatable bonds is 6. The maximum absolute atomic E-state index is 11.7. The van der Waals surface area contributed by atoms with Gasteiger partial charge in [0.15, 0.2) is 4.77 Å². The van der Waals surface area contributed by atoms with Crippen LogP contribution in [0.3, 0.4) is 0 Å². The van der Waals surface area contributed by atoms with Crippen LogP contribution in [0.4, 0.5) is 0 Å². The van der Waals surface area contributed by atoms with Crippen molar-refractivity contribution in [2.45, 2.75) is 46.6 Å². The molecule has 1 aromatic heterocycles. The average molecular weight is 282 g/mol. The highest BCUT2D eigenvalue weighted by molar-refractivity contribution is 7.71. The van der Waals surface area contributed by atoms with Gasteiger partial charge in [-0.05, 0) is 25.6 Å². The van der Waals surface area contributed by atoms with Crippen molar-refractivity contribution >= 4 is 18.1 Å². The molecule has 1 rings (SSSR count). The molecule has 0 saturated carbocycles. The Labute approximate surface area is 119 Å². The summed E-state index contributed by atoms with van der Waals surface area (Å²) >= 11 is 5.19. The number of aromatic nitrogens is 3. The minimum absolute atomic E-state index is 0.0250. The van der Waals surface area contributed by atoms with Crippen molar-refractivity contribution in [3.8, 4) is 0 Å². The maximum Gasteiger partial charge on any atom is 0.246 e. The van der Waals surface area contributed by atoms with Crippen LogP contribution in [0.15, 0.2) is 11.6 Å². The zero-order valence-corrected chi connectivity index (χ0v) is 12.8. The van der Waals surface area contributed by atoms with E-state index in [1.165, 1.54) is 0 Å².